The summed E-state index contributed by atoms with van der Waals surface area (Å²) in [5.74, 6) is -0.00654. The van der Waals surface area contributed by atoms with Crippen LogP contribution in [0.25, 0.3) is 0 Å². The first-order valence-corrected chi connectivity index (χ1v) is 6.31. The number of nitrogens with one attached hydrogen (secondary N) is 1. The smallest absolute Gasteiger partial charge is 0.406 e. The van der Waals surface area contributed by atoms with Gasteiger partial charge in [0, 0.05) is 18.0 Å². The molecule has 0 saturated carbocycles. The molecule has 0 amide bonds. The molecule has 1 aromatic heterocycles. The Balaban J connectivity index is 2.21. The van der Waals surface area contributed by atoms with Gasteiger partial charge in [-0.15, -0.1) is 13.2 Å². The summed E-state index contributed by atoms with van der Waals surface area (Å²) >= 11 is 8.84. The van der Waals surface area contributed by atoms with Crippen LogP contribution >= 0.6 is 27.5 Å². The van der Waals surface area contributed by atoms with Gasteiger partial charge in [-0.25, -0.2) is 4.98 Å². The van der Waals surface area contributed by atoms with E-state index in [2.05, 4.69) is 36.0 Å². The summed E-state index contributed by atoms with van der Waals surface area (Å²) in [4.78, 5) is 7.65. The fourth-order valence-electron chi connectivity index (χ4n) is 1.34. The van der Waals surface area contributed by atoms with E-state index in [0.29, 0.717) is 16.0 Å². The molecule has 0 fully saturated rings. The zero-order valence-corrected chi connectivity index (χ0v) is 11.9. The minimum atomic E-state index is -4.74. The molecule has 2 rings (SSSR count). The molecule has 1 heterocycles. The van der Waals surface area contributed by atoms with E-state index in [1.165, 1.54) is 24.4 Å². The fourth-order valence-corrected chi connectivity index (χ4v) is 1.76. The van der Waals surface area contributed by atoms with E-state index >= 15 is 0 Å². The third kappa shape index (κ3) is 4.24. The maximum Gasteiger partial charge on any atom is 0.573 e. The van der Waals surface area contributed by atoms with Crippen molar-refractivity contribution in [3.63, 3.8) is 0 Å². The normalized spacial score (nSPS) is 11.2. The van der Waals surface area contributed by atoms with Crippen LogP contribution < -0.4 is 10.1 Å². The lowest BCUT2D eigenvalue weighted by atomic mass is 10.3. The molecule has 0 spiro atoms. The molecule has 4 nitrogen and oxygen atoms in total. The third-order valence-corrected chi connectivity index (χ3v) is 2.81. The molecular formula is C11H6BrClF3N3O. The largest absolute Gasteiger partial charge is 0.573 e. The van der Waals surface area contributed by atoms with Gasteiger partial charge in [-0.2, -0.15) is 4.98 Å². The van der Waals surface area contributed by atoms with E-state index in [9.17, 15) is 13.2 Å². The van der Waals surface area contributed by atoms with Crippen molar-refractivity contribution >= 4 is 39.0 Å². The summed E-state index contributed by atoms with van der Waals surface area (Å²) in [6.07, 6.45) is -3.31. The van der Waals surface area contributed by atoms with Crippen LogP contribution in [0, 0.1) is 0 Å². The number of nitrogens with zero attached hydrogens (tertiary/aromatic N) is 2. The van der Waals surface area contributed by atoms with Gasteiger partial charge >= 0.3 is 6.36 Å². The molecule has 0 aliphatic carbocycles. The van der Waals surface area contributed by atoms with Crippen molar-refractivity contribution in [2.45, 2.75) is 6.36 Å². The highest BCUT2D eigenvalue weighted by Crippen LogP contribution is 2.28. The second-order valence-electron chi connectivity index (χ2n) is 3.54. The minimum Gasteiger partial charge on any atom is -0.406 e. The van der Waals surface area contributed by atoms with E-state index < -0.39 is 6.36 Å². The van der Waals surface area contributed by atoms with Gasteiger partial charge in [0.15, 0.2) is 0 Å². The van der Waals surface area contributed by atoms with Gasteiger partial charge in [-0.1, -0.05) is 6.07 Å². The lowest BCUT2D eigenvalue weighted by Crippen LogP contribution is -2.17. The first-order chi connectivity index (χ1) is 9.33. The van der Waals surface area contributed by atoms with E-state index in [1.807, 2.05) is 0 Å². The van der Waals surface area contributed by atoms with Gasteiger partial charge < -0.3 is 10.1 Å². The zero-order valence-electron chi connectivity index (χ0n) is 9.58. The first-order valence-electron chi connectivity index (χ1n) is 5.14. The van der Waals surface area contributed by atoms with Crippen LogP contribution in [0.5, 0.6) is 5.75 Å². The molecule has 1 aromatic carbocycles. The monoisotopic (exact) mass is 367 g/mol. The van der Waals surface area contributed by atoms with E-state index in [0.717, 1.165) is 0 Å². The highest BCUT2D eigenvalue weighted by molar-refractivity contribution is 9.10. The Kier molecular flexibility index (Phi) is 4.34. The molecule has 0 saturated heterocycles. The number of alkyl halides is 3. The van der Waals surface area contributed by atoms with Crippen molar-refractivity contribution in [3.8, 4) is 5.75 Å². The van der Waals surface area contributed by atoms with Gasteiger partial charge in [-0.05, 0) is 39.7 Å². The van der Waals surface area contributed by atoms with Crippen LogP contribution in [-0.4, -0.2) is 16.3 Å². The van der Waals surface area contributed by atoms with Crippen LogP contribution in [0.1, 0.15) is 0 Å². The summed E-state index contributed by atoms with van der Waals surface area (Å²) in [7, 11) is 0. The maximum atomic E-state index is 12.1. The van der Waals surface area contributed by atoms with Gasteiger partial charge in [0.05, 0.1) is 4.47 Å². The molecule has 0 unspecified atom stereocenters. The molecule has 0 radical (unpaired) electrons. The molecule has 20 heavy (non-hydrogen) atoms. The lowest BCUT2D eigenvalue weighted by Gasteiger charge is -2.11. The Morgan fingerprint density at radius 3 is 2.75 bits per heavy atom. The van der Waals surface area contributed by atoms with Gasteiger partial charge in [0.25, 0.3) is 0 Å². The van der Waals surface area contributed by atoms with Crippen molar-refractivity contribution in [2.24, 2.45) is 0 Å². The molecular weight excluding hydrogens is 362 g/mol. The van der Waals surface area contributed by atoms with Crippen LogP contribution in [0.15, 0.2) is 34.9 Å². The predicted octanol–water partition coefficient (Wildman–Crippen LogP) is 4.53. The van der Waals surface area contributed by atoms with Crippen LogP contribution in [0.3, 0.4) is 0 Å². The second-order valence-corrected chi connectivity index (χ2v) is 4.73. The molecule has 0 aliphatic rings. The Bertz CT molecular complexity index is 624. The molecule has 2 aromatic rings. The average Bonchev–Trinajstić information content (AvgIpc) is 2.32. The Morgan fingerprint density at radius 1 is 1.30 bits per heavy atom. The SMILES string of the molecule is FC(F)(F)Oc1cccc(Nc2nc(Cl)ncc2Br)c1. The lowest BCUT2D eigenvalue weighted by molar-refractivity contribution is -0.274. The molecule has 1 N–H and O–H groups in total. The molecule has 0 atom stereocenters. The number of ether oxygens (including phenoxy) is 1. The number of hydrogen-bond donors (Lipinski definition) is 1. The number of anilines is 2. The number of rotatable bonds is 3. The second kappa shape index (κ2) is 5.84. The number of hydrogen-bond acceptors (Lipinski definition) is 4. The van der Waals surface area contributed by atoms with Crippen LogP contribution in [0.4, 0.5) is 24.7 Å². The first kappa shape index (κ1) is 14.9. The zero-order chi connectivity index (χ0) is 14.8. The number of benzene rings is 1. The summed E-state index contributed by atoms with van der Waals surface area (Å²) in [5.41, 5.74) is 0.363. The van der Waals surface area contributed by atoms with Gasteiger partial charge in [0.2, 0.25) is 5.28 Å². The number of aromatic nitrogens is 2. The highest BCUT2D eigenvalue weighted by Gasteiger charge is 2.31. The summed E-state index contributed by atoms with van der Waals surface area (Å²) in [6, 6.07) is 5.36. The third-order valence-electron chi connectivity index (χ3n) is 2.05. The Morgan fingerprint density at radius 2 is 2.05 bits per heavy atom. The average molecular weight is 369 g/mol. The Labute approximate surface area is 125 Å². The van der Waals surface area contributed by atoms with Crippen molar-refractivity contribution in [1.82, 2.24) is 9.97 Å². The summed E-state index contributed by atoms with van der Waals surface area (Å²) < 4.78 is 40.7. The van der Waals surface area contributed by atoms with E-state index in [1.54, 1.807) is 6.07 Å². The van der Waals surface area contributed by atoms with Crippen LogP contribution in [0.2, 0.25) is 5.28 Å². The molecule has 106 valence electrons. The van der Waals surface area contributed by atoms with Crippen molar-refractivity contribution in [2.75, 3.05) is 5.32 Å². The summed E-state index contributed by atoms with van der Waals surface area (Å²) in [6.45, 7) is 0. The summed E-state index contributed by atoms with van der Waals surface area (Å²) in [5, 5.41) is 2.82. The predicted molar refractivity (Wildman–Crippen MR) is 71.1 cm³/mol. The van der Waals surface area contributed by atoms with Crippen molar-refractivity contribution < 1.29 is 17.9 Å². The Hall–Kier alpha value is -1.54. The highest BCUT2D eigenvalue weighted by atomic mass is 79.9. The van der Waals surface area contributed by atoms with E-state index in [4.69, 9.17) is 11.6 Å². The van der Waals surface area contributed by atoms with Gasteiger partial charge in [0.1, 0.15) is 11.6 Å². The van der Waals surface area contributed by atoms with Gasteiger partial charge in [-0.3, -0.25) is 0 Å². The van der Waals surface area contributed by atoms with Crippen molar-refractivity contribution in [1.29, 1.82) is 0 Å². The topological polar surface area (TPSA) is 47.0 Å². The van der Waals surface area contributed by atoms with Crippen molar-refractivity contribution in [3.05, 3.63) is 40.2 Å². The maximum absolute atomic E-state index is 12.1. The van der Waals surface area contributed by atoms with Crippen LogP contribution in [-0.2, 0) is 0 Å². The number of halogens is 5. The molecule has 0 bridgehead atoms. The molecule has 0 aliphatic heterocycles. The van der Waals surface area contributed by atoms with E-state index in [-0.39, 0.29) is 11.0 Å². The quantitative estimate of drug-likeness (QED) is 0.808. The minimum absolute atomic E-state index is 0.0124. The molecule has 9 heteroatoms. The standard InChI is InChI=1S/C11H6BrClF3N3O/c12-8-5-17-10(13)19-9(8)18-6-2-1-3-7(4-6)20-11(14,15)16/h1-5H,(H,17,18,19). The fraction of sp³-hybridized carbons (Fsp3) is 0.0909.